The molecule has 0 saturated carbocycles. The van der Waals surface area contributed by atoms with Crippen LogP contribution in [0, 0.1) is 6.92 Å². The van der Waals surface area contributed by atoms with Crippen molar-refractivity contribution in [2.45, 2.75) is 33.3 Å². The van der Waals surface area contributed by atoms with Crippen LogP contribution in [0.2, 0.25) is 0 Å². The summed E-state index contributed by atoms with van der Waals surface area (Å²) in [7, 11) is 0. The molecule has 2 N–H and O–H groups in total. The smallest absolute Gasteiger partial charge is 0.265 e. The number of aliphatic hydroxyl groups is 1. The number of benzene rings is 1. The summed E-state index contributed by atoms with van der Waals surface area (Å²) < 4.78 is 0. The van der Waals surface area contributed by atoms with Crippen LogP contribution in [0.4, 0.5) is 5.69 Å². The van der Waals surface area contributed by atoms with E-state index in [2.05, 4.69) is 12.2 Å². The quantitative estimate of drug-likeness (QED) is 0.896. The Balaban J connectivity index is 2.23. The van der Waals surface area contributed by atoms with Crippen molar-refractivity contribution in [2.24, 2.45) is 0 Å². The number of hydrogen-bond acceptors (Lipinski definition) is 3. The number of anilines is 1. The van der Waals surface area contributed by atoms with Crippen molar-refractivity contribution in [3.05, 3.63) is 51.2 Å². The van der Waals surface area contributed by atoms with Crippen molar-refractivity contribution in [1.82, 2.24) is 0 Å². The number of carbonyl (C=O) groups excluding carboxylic acids is 1. The van der Waals surface area contributed by atoms with E-state index in [1.807, 2.05) is 31.2 Å². The molecule has 3 nitrogen and oxygen atoms in total. The summed E-state index contributed by atoms with van der Waals surface area (Å²) in [5.41, 5.74) is 2.60. The molecule has 1 atom stereocenters. The van der Waals surface area contributed by atoms with E-state index in [0.29, 0.717) is 10.6 Å². The van der Waals surface area contributed by atoms with Crippen LogP contribution in [-0.4, -0.2) is 11.0 Å². The fourth-order valence-corrected chi connectivity index (χ4v) is 3.15. The molecule has 106 valence electrons. The van der Waals surface area contributed by atoms with Crippen LogP contribution in [-0.2, 0) is 6.42 Å². The second kappa shape index (κ2) is 6.20. The number of hydrogen-bond donors (Lipinski definition) is 2. The SMILES string of the molecule is CCc1cc(C(=O)Nc2ccccc2C(C)O)sc1C. The zero-order valence-electron chi connectivity index (χ0n) is 11.9. The number of nitrogens with one attached hydrogen (secondary N) is 1. The van der Waals surface area contributed by atoms with Crippen LogP contribution in [0.25, 0.3) is 0 Å². The van der Waals surface area contributed by atoms with Gasteiger partial charge in [-0.25, -0.2) is 0 Å². The average molecular weight is 289 g/mol. The molecule has 0 radical (unpaired) electrons. The van der Waals surface area contributed by atoms with E-state index in [-0.39, 0.29) is 5.91 Å². The summed E-state index contributed by atoms with van der Waals surface area (Å²) in [6.45, 7) is 5.80. The van der Waals surface area contributed by atoms with E-state index in [1.165, 1.54) is 21.8 Å². The van der Waals surface area contributed by atoms with Gasteiger partial charge in [0.2, 0.25) is 0 Å². The summed E-state index contributed by atoms with van der Waals surface area (Å²) >= 11 is 1.51. The largest absolute Gasteiger partial charge is 0.389 e. The van der Waals surface area contributed by atoms with Crippen molar-refractivity contribution < 1.29 is 9.90 Å². The first-order chi connectivity index (χ1) is 9.52. The molecule has 20 heavy (non-hydrogen) atoms. The predicted molar refractivity (Wildman–Crippen MR) is 83.5 cm³/mol. The highest BCUT2D eigenvalue weighted by molar-refractivity contribution is 7.14. The Morgan fingerprint density at radius 3 is 2.70 bits per heavy atom. The maximum Gasteiger partial charge on any atom is 0.265 e. The van der Waals surface area contributed by atoms with Gasteiger partial charge in [-0.1, -0.05) is 25.1 Å². The van der Waals surface area contributed by atoms with E-state index >= 15 is 0 Å². The molecule has 0 fully saturated rings. The predicted octanol–water partition coefficient (Wildman–Crippen LogP) is 3.92. The van der Waals surface area contributed by atoms with Crippen molar-refractivity contribution >= 4 is 22.9 Å². The first-order valence-corrected chi connectivity index (χ1v) is 7.52. The summed E-state index contributed by atoms with van der Waals surface area (Å²) in [5, 5.41) is 12.6. The van der Waals surface area contributed by atoms with Crippen molar-refractivity contribution in [1.29, 1.82) is 0 Å². The minimum atomic E-state index is -0.609. The zero-order valence-corrected chi connectivity index (χ0v) is 12.8. The van der Waals surface area contributed by atoms with Gasteiger partial charge in [-0.15, -0.1) is 11.3 Å². The van der Waals surface area contributed by atoms with Crippen LogP contribution in [0.3, 0.4) is 0 Å². The molecular formula is C16H19NO2S. The third kappa shape index (κ3) is 3.08. The van der Waals surface area contributed by atoms with Gasteiger partial charge in [-0.05, 0) is 38.0 Å². The van der Waals surface area contributed by atoms with Gasteiger partial charge in [0.25, 0.3) is 5.91 Å². The lowest BCUT2D eigenvalue weighted by Crippen LogP contribution is -2.12. The highest BCUT2D eigenvalue weighted by atomic mass is 32.1. The van der Waals surface area contributed by atoms with Gasteiger partial charge >= 0.3 is 0 Å². The highest BCUT2D eigenvalue weighted by Gasteiger charge is 2.14. The van der Waals surface area contributed by atoms with Crippen LogP contribution < -0.4 is 5.32 Å². The molecule has 0 aliphatic carbocycles. The molecule has 1 heterocycles. The number of aliphatic hydroxyl groups excluding tert-OH is 1. The van der Waals surface area contributed by atoms with Crippen molar-refractivity contribution in [2.75, 3.05) is 5.32 Å². The minimum Gasteiger partial charge on any atom is -0.389 e. The number of thiophene rings is 1. The number of aryl methyl sites for hydroxylation is 2. The first-order valence-electron chi connectivity index (χ1n) is 6.70. The van der Waals surface area contributed by atoms with Crippen molar-refractivity contribution in [3.8, 4) is 0 Å². The Morgan fingerprint density at radius 2 is 2.10 bits per heavy atom. The highest BCUT2D eigenvalue weighted by Crippen LogP contribution is 2.26. The summed E-state index contributed by atoms with van der Waals surface area (Å²) in [4.78, 5) is 14.2. The molecule has 1 aromatic heterocycles. The molecule has 0 aliphatic rings. The number of amides is 1. The third-order valence-corrected chi connectivity index (χ3v) is 4.38. The summed E-state index contributed by atoms with van der Waals surface area (Å²) in [6, 6.07) is 9.26. The number of para-hydroxylation sites is 1. The second-order valence-corrected chi connectivity index (χ2v) is 6.02. The van der Waals surface area contributed by atoms with Gasteiger partial charge in [-0.3, -0.25) is 4.79 Å². The summed E-state index contributed by atoms with van der Waals surface area (Å²) in [6.07, 6.45) is 0.322. The van der Waals surface area contributed by atoms with Crippen LogP contribution in [0.1, 0.15) is 45.6 Å². The minimum absolute atomic E-state index is 0.120. The maximum absolute atomic E-state index is 12.3. The Labute approximate surface area is 123 Å². The van der Waals surface area contributed by atoms with E-state index in [1.54, 1.807) is 13.0 Å². The standard InChI is InChI=1S/C16H19NO2S/c1-4-12-9-15(20-11(12)3)16(19)17-14-8-6-5-7-13(14)10(2)18/h5-10,18H,4H2,1-3H3,(H,17,19). The van der Waals surface area contributed by atoms with Crippen LogP contribution in [0.15, 0.2) is 30.3 Å². The molecular weight excluding hydrogens is 270 g/mol. The lowest BCUT2D eigenvalue weighted by atomic mass is 10.1. The van der Waals surface area contributed by atoms with Gasteiger partial charge in [0.1, 0.15) is 0 Å². The van der Waals surface area contributed by atoms with Crippen molar-refractivity contribution in [3.63, 3.8) is 0 Å². The molecule has 0 bridgehead atoms. The Bertz CT molecular complexity index is 617. The van der Waals surface area contributed by atoms with Gasteiger partial charge in [0.15, 0.2) is 0 Å². The van der Waals surface area contributed by atoms with E-state index in [4.69, 9.17) is 0 Å². The summed E-state index contributed by atoms with van der Waals surface area (Å²) in [5.74, 6) is -0.120. The lowest BCUT2D eigenvalue weighted by molar-refractivity contribution is 0.103. The Kier molecular flexibility index (Phi) is 4.57. The van der Waals surface area contributed by atoms with Gasteiger partial charge in [-0.2, -0.15) is 0 Å². The lowest BCUT2D eigenvalue weighted by Gasteiger charge is -2.12. The molecule has 2 aromatic rings. The molecule has 0 aliphatic heterocycles. The first kappa shape index (κ1) is 14.8. The zero-order chi connectivity index (χ0) is 14.7. The van der Waals surface area contributed by atoms with Gasteiger partial charge in [0, 0.05) is 16.1 Å². The monoisotopic (exact) mass is 289 g/mol. The molecule has 0 saturated heterocycles. The number of rotatable bonds is 4. The van der Waals surface area contributed by atoms with E-state index < -0.39 is 6.10 Å². The molecule has 1 unspecified atom stereocenters. The fourth-order valence-electron chi connectivity index (χ4n) is 2.14. The molecule has 4 heteroatoms. The van der Waals surface area contributed by atoms with Crippen LogP contribution >= 0.6 is 11.3 Å². The molecule has 1 amide bonds. The third-order valence-electron chi connectivity index (χ3n) is 3.28. The number of carbonyl (C=O) groups is 1. The molecule has 0 spiro atoms. The van der Waals surface area contributed by atoms with Gasteiger partial charge in [0.05, 0.1) is 11.0 Å². The van der Waals surface area contributed by atoms with Gasteiger partial charge < -0.3 is 10.4 Å². The molecule has 1 aromatic carbocycles. The topological polar surface area (TPSA) is 49.3 Å². The second-order valence-electron chi connectivity index (χ2n) is 4.76. The van der Waals surface area contributed by atoms with E-state index in [9.17, 15) is 9.90 Å². The Morgan fingerprint density at radius 1 is 1.40 bits per heavy atom. The Hall–Kier alpha value is -1.65. The normalized spacial score (nSPS) is 12.2. The van der Waals surface area contributed by atoms with Crippen LogP contribution in [0.5, 0.6) is 0 Å². The fraction of sp³-hybridized carbons (Fsp3) is 0.312. The average Bonchev–Trinajstić information content (AvgIpc) is 2.80. The molecule has 2 rings (SSSR count). The van der Waals surface area contributed by atoms with E-state index in [0.717, 1.165) is 12.0 Å². The maximum atomic E-state index is 12.3.